The van der Waals surface area contributed by atoms with Gasteiger partial charge in [0, 0.05) is 11.9 Å². The molecule has 0 saturated carbocycles. The largest absolute Gasteiger partial charge is 0.353 e. The predicted octanol–water partition coefficient (Wildman–Crippen LogP) is 2.61. The lowest BCUT2D eigenvalue weighted by molar-refractivity contribution is 1.23. The fourth-order valence-electron chi connectivity index (χ4n) is 0.699. The van der Waals surface area contributed by atoms with Crippen molar-refractivity contribution in [2.45, 2.75) is 5.75 Å². The van der Waals surface area contributed by atoms with Gasteiger partial charge >= 0.3 is 0 Å². The number of aromatic amines is 1. The molecule has 0 saturated heterocycles. The minimum absolute atomic E-state index is 0.796. The summed E-state index contributed by atoms with van der Waals surface area (Å²) in [5, 5.41) is 0. The van der Waals surface area contributed by atoms with Gasteiger partial charge in [-0.25, -0.2) is 0 Å². The van der Waals surface area contributed by atoms with Crippen LogP contribution in [0.2, 0.25) is 0 Å². The normalized spacial score (nSPS) is 9.70. The Morgan fingerprint density at radius 1 is 1.60 bits per heavy atom. The summed E-state index contributed by atoms with van der Waals surface area (Å²) >= 11 is 6.70. The van der Waals surface area contributed by atoms with Gasteiger partial charge in [-0.05, 0) is 17.9 Å². The molecule has 0 unspecified atom stereocenters. The molecule has 1 heterocycles. The molecule has 3 heteroatoms. The monoisotopic (exact) mass is 171 g/mol. The molecule has 1 aromatic rings. The van der Waals surface area contributed by atoms with E-state index in [0.717, 1.165) is 10.4 Å². The van der Waals surface area contributed by atoms with Gasteiger partial charge in [-0.15, -0.1) is 0 Å². The van der Waals surface area contributed by atoms with Gasteiger partial charge in [0.2, 0.25) is 0 Å². The van der Waals surface area contributed by atoms with Crippen molar-refractivity contribution in [1.82, 2.24) is 4.98 Å². The molecule has 0 aliphatic carbocycles. The predicted molar refractivity (Wildman–Crippen MR) is 48.8 cm³/mol. The number of H-pyrrole nitrogens is 1. The van der Waals surface area contributed by atoms with Crippen molar-refractivity contribution >= 4 is 24.0 Å². The van der Waals surface area contributed by atoms with Crippen molar-refractivity contribution in [2.75, 3.05) is 6.26 Å². The summed E-state index contributed by atoms with van der Waals surface area (Å²) in [7, 11) is 0. The molecule has 10 heavy (non-hydrogen) atoms. The van der Waals surface area contributed by atoms with Gasteiger partial charge in [-0.2, -0.15) is 11.8 Å². The molecule has 0 atom stereocenters. The first-order valence-electron chi connectivity index (χ1n) is 2.99. The fraction of sp³-hybridized carbons (Fsp3) is 0.286. The van der Waals surface area contributed by atoms with Crippen LogP contribution in [0, 0.1) is 4.64 Å². The summed E-state index contributed by atoms with van der Waals surface area (Å²) in [6.07, 6.45) is 4.04. The zero-order chi connectivity index (χ0) is 7.40. The topological polar surface area (TPSA) is 15.8 Å². The van der Waals surface area contributed by atoms with Crippen LogP contribution in [0.4, 0.5) is 0 Å². The van der Waals surface area contributed by atoms with Crippen LogP contribution in [0.3, 0.4) is 0 Å². The Morgan fingerprint density at radius 3 is 2.90 bits per heavy atom. The van der Waals surface area contributed by atoms with Crippen molar-refractivity contribution in [2.24, 2.45) is 0 Å². The molecule has 1 nitrogen and oxygen atoms in total. The van der Waals surface area contributed by atoms with E-state index in [2.05, 4.69) is 17.3 Å². The van der Waals surface area contributed by atoms with Gasteiger partial charge < -0.3 is 4.98 Å². The molecule has 1 aromatic heterocycles. The van der Waals surface area contributed by atoms with Gasteiger partial charge in [-0.1, -0.05) is 18.3 Å². The number of pyridine rings is 1. The molecular formula is C7H9NS2. The van der Waals surface area contributed by atoms with Crippen molar-refractivity contribution < 1.29 is 0 Å². The lowest BCUT2D eigenvalue weighted by Crippen LogP contribution is -1.80. The highest BCUT2D eigenvalue weighted by Gasteiger charge is 1.86. The fourth-order valence-corrected chi connectivity index (χ4v) is 1.34. The molecule has 0 aliphatic rings. The number of hydrogen-bond acceptors (Lipinski definition) is 2. The average Bonchev–Trinajstić information content (AvgIpc) is 1.95. The van der Waals surface area contributed by atoms with E-state index in [1.54, 1.807) is 11.8 Å². The Bertz CT molecular complexity index is 234. The van der Waals surface area contributed by atoms with Gasteiger partial charge in [0.15, 0.2) is 0 Å². The van der Waals surface area contributed by atoms with Crippen LogP contribution in [-0.4, -0.2) is 11.2 Å². The lowest BCUT2D eigenvalue weighted by Gasteiger charge is -1.94. The molecule has 0 spiro atoms. The highest BCUT2D eigenvalue weighted by molar-refractivity contribution is 7.97. The van der Waals surface area contributed by atoms with E-state index in [9.17, 15) is 0 Å². The first-order valence-corrected chi connectivity index (χ1v) is 4.79. The van der Waals surface area contributed by atoms with E-state index < -0.39 is 0 Å². The Morgan fingerprint density at radius 2 is 2.40 bits per heavy atom. The standard InChI is InChI=1S/C7H9NS2/c1-10-5-6-2-3-7(9)8-4-6/h2-4H,5H2,1H3,(H,8,9). The van der Waals surface area contributed by atoms with Crippen LogP contribution in [0.25, 0.3) is 0 Å². The molecule has 0 aliphatic heterocycles. The summed E-state index contributed by atoms with van der Waals surface area (Å²) in [6, 6.07) is 3.97. The summed E-state index contributed by atoms with van der Waals surface area (Å²) < 4.78 is 0.796. The maximum Gasteiger partial charge on any atom is 0.103 e. The van der Waals surface area contributed by atoms with E-state index in [1.807, 2.05) is 12.3 Å². The van der Waals surface area contributed by atoms with E-state index >= 15 is 0 Å². The molecule has 54 valence electrons. The molecule has 0 aromatic carbocycles. The first-order chi connectivity index (χ1) is 4.83. The summed E-state index contributed by atoms with van der Waals surface area (Å²) in [5.41, 5.74) is 1.29. The Labute approximate surface area is 69.9 Å². The van der Waals surface area contributed by atoms with Gasteiger partial charge in [0.25, 0.3) is 0 Å². The SMILES string of the molecule is CSCc1ccc(=S)[nH]c1. The summed E-state index contributed by atoms with van der Waals surface area (Å²) in [4.78, 5) is 2.99. The minimum atomic E-state index is 0.796. The van der Waals surface area contributed by atoms with Crippen molar-refractivity contribution in [1.29, 1.82) is 0 Å². The molecule has 0 amide bonds. The van der Waals surface area contributed by atoms with E-state index in [1.165, 1.54) is 5.56 Å². The Hall–Kier alpha value is -0.280. The maximum atomic E-state index is 4.89. The van der Waals surface area contributed by atoms with E-state index in [-0.39, 0.29) is 0 Å². The number of thioether (sulfide) groups is 1. The van der Waals surface area contributed by atoms with Crippen molar-refractivity contribution in [3.63, 3.8) is 0 Å². The third-order valence-electron chi connectivity index (χ3n) is 1.16. The zero-order valence-electron chi connectivity index (χ0n) is 5.76. The third kappa shape index (κ3) is 2.15. The summed E-state index contributed by atoms with van der Waals surface area (Å²) in [6.45, 7) is 0. The molecular weight excluding hydrogens is 162 g/mol. The van der Waals surface area contributed by atoms with Gasteiger partial charge in [-0.3, -0.25) is 0 Å². The second-order valence-electron chi connectivity index (χ2n) is 1.99. The lowest BCUT2D eigenvalue weighted by atomic mass is 10.3. The van der Waals surface area contributed by atoms with Crippen LogP contribution in [0.15, 0.2) is 18.3 Å². The average molecular weight is 171 g/mol. The molecule has 1 rings (SSSR count). The van der Waals surface area contributed by atoms with Crippen LogP contribution in [-0.2, 0) is 5.75 Å². The number of nitrogens with one attached hydrogen (secondary N) is 1. The third-order valence-corrected chi connectivity index (χ3v) is 2.04. The van der Waals surface area contributed by atoms with E-state index in [4.69, 9.17) is 12.2 Å². The van der Waals surface area contributed by atoms with Crippen LogP contribution >= 0.6 is 24.0 Å². The second kappa shape index (κ2) is 3.78. The highest BCUT2D eigenvalue weighted by Crippen LogP contribution is 2.06. The quantitative estimate of drug-likeness (QED) is 0.688. The summed E-state index contributed by atoms with van der Waals surface area (Å²) in [5.74, 6) is 1.05. The molecule has 0 radical (unpaired) electrons. The molecule has 0 bridgehead atoms. The van der Waals surface area contributed by atoms with E-state index in [0.29, 0.717) is 0 Å². The van der Waals surface area contributed by atoms with Gasteiger partial charge in [0.1, 0.15) is 4.64 Å². The Kier molecular flexibility index (Phi) is 2.96. The minimum Gasteiger partial charge on any atom is -0.353 e. The van der Waals surface area contributed by atoms with Crippen LogP contribution in [0.5, 0.6) is 0 Å². The van der Waals surface area contributed by atoms with Gasteiger partial charge in [0.05, 0.1) is 0 Å². The first kappa shape index (κ1) is 7.82. The van der Waals surface area contributed by atoms with Crippen LogP contribution in [0.1, 0.15) is 5.56 Å². The number of rotatable bonds is 2. The van der Waals surface area contributed by atoms with Crippen LogP contribution < -0.4 is 0 Å². The second-order valence-corrected chi connectivity index (χ2v) is 3.30. The molecule has 0 fully saturated rings. The zero-order valence-corrected chi connectivity index (χ0v) is 7.39. The van der Waals surface area contributed by atoms with Crippen molar-refractivity contribution in [3.05, 3.63) is 28.5 Å². The highest BCUT2D eigenvalue weighted by atomic mass is 32.2. The molecule has 1 N–H and O–H groups in total. The van der Waals surface area contributed by atoms with Crippen molar-refractivity contribution in [3.8, 4) is 0 Å². The number of hydrogen-bond donors (Lipinski definition) is 1. The number of aromatic nitrogens is 1. The Balaban J connectivity index is 2.79. The smallest absolute Gasteiger partial charge is 0.103 e. The maximum absolute atomic E-state index is 4.89.